The van der Waals surface area contributed by atoms with E-state index in [1.54, 1.807) is 19.1 Å². The highest BCUT2D eigenvalue weighted by molar-refractivity contribution is 6.31. The number of primary amides is 1. The highest BCUT2D eigenvalue weighted by Gasteiger charge is 2.71. The van der Waals surface area contributed by atoms with Crippen molar-refractivity contribution in [3.05, 3.63) is 28.8 Å². The van der Waals surface area contributed by atoms with Crippen LogP contribution in [0.2, 0.25) is 0 Å². The number of amides is 1. The molecule has 10 heteroatoms. The molecule has 1 aromatic carbocycles. The zero-order valence-electron chi connectivity index (χ0n) is 22.4. The number of esters is 1. The maximum atomic E-state index is 14.0. The number of aliphatic hydroxyl groups is 1. The fraction of sp³-hybridized carbons (Fsp3) is 0.586. The molecular weight excluding hydrogens is 506 g/mol. The molecule has 0 saturated heterocycles. The first-order valence-corrected chi connectivity index (χ1v) is 13.4. The van der Waals surface area contributed by atoms with Crippen LogP contribution < -0.4 is 5.73 Å². The molecule has 0 spiro atoms. The van der Waals surface area contributed by atoms with Crippen LogP contribution in [0.4, 0.5) is 0 Å². The van der Waals surface area contributed by atoms with Crippen LogP contribution in [0.15, 0.2) is 12.1 Å². The Balaban J connectivity index is 1.70. The second-order valence-electron chi connectivity index (χ2n) is 12.5. The fourth-order valence-electron chi connectivity index (χ4n) is 6.96. The number of phenols is 1. The molecule has 39 heavy (non-hydrogen) atoms. The second-order valence-corrected chi connectivity index (χ2v) is 12.5. The molecule has 0 aromatic heterocycles. The van der Waals surface area contributed by atoms with E-state index in [0.29, 0.717) is 24.0 Å². The predicted octanol–water partition coefficient (Wildman–Crippen LogP) is 1.51. The Hall–Kier alpha value is -3.40. The normalized spacial score (nSPS) is 34.5. The van der Waals surface area contributed by atoms with Crippen molar-refractivity contribution < 1.29 is 43.7 Å². The molecule has 4 aliphatic carbocycles. The lowest BCUT2D eigenvalue weighted by molar-refractivity contribution is -0.201. The van der Waals surface area contributed by atoms with Crippen LogP contribution in [0.1, 0.15) is 80.8 Å². The predicted molar refractivity (Wildman–Crippen MR) is 135 cm³/mol. The van der Waals surface area contributed by atoms with Gasteiger partial charge in [-0.2, -0.15) is 0 Å². The van der Waals surface area contributed by atoms with Crippen molar-refractivity contribution in [3.63, 3.8) is 0 Å². The minimum atomic E-state index is -2.94. The number of fused-ring (bicyclic) bond motifs is 3. The van der Waals surface area contributed by atoms with Crippen LogP contribution in [-0.4, -0.2) is 56.9 Å². The number of rotatable bonds is 3. The molecule has 1 amide bonds. The summed E-state index contributed by atoms with van der Waals surface area (Å²) in [5, 5.41) is 22.9. The Bertz CT molecular complexity index is 1340. The molecule has 2 unspecified atom stereocenters. The smallest absolute Gasteiger partial charge is 0.309 e. The van der Waals surface area contributed by atoms with Crippen molar-refractivity contribution >= 4 is 35.0 Å². The maximum Gasteiger partial charge on any atom is 0.309 e. The molecule has 4 N–H and O–H groups in total. The molecule has 5 rings (SSSR count). The summed E-state index contributed by atoms with van der Waals surface area (Å²) in [4.78, 5) is 79.4. The molecule has 10 nitrogen and oxygen atoms in total. The van der Waals surface area contributed by atoms with Gasteiger partial charge in [0.25, 0.3) is 0 Å². The molecule has 1 aromatic rings. The van der Waals surface area contributed by atoms with Gasteiger partial charge < -0.3 is 20.7 Å². The number of carbonyl (C=O) groups excluding carboxylic acids is 6. The number of benzene rings is 1. The zero-order valence-corrected chi connectivity index (χ0v) is 22.4. The number of ether oxygens (including phenoxy) is 1. The first-order valence-electron chi connectivity index (χ1n) is 13.4. The minimum Gasteiger partial charge on any atom is -0.507 e. The summed E-state index contributed by atoms with van der Waals surface area (Å²) in [7, 11) is 0. The number of nitrogens with two attached hydrogens (primary N) is 1. The van der Waals surface area contributed by atoms with E-state index >= 15 is 0 Å². The largest absolute Gasteiger partial charge is 0.507 e. The van der Waals surface area contributed by atoms with Crippen molar-refractivity contribution in [1.82, 2.24) is 0 Å². The molecule has 3 saturated carbocycles. The Morgan fingerprint density at radius 1 is 1.08 bits per heavy atom. The SMILES string of the molecule is C[C@H]1c2ccc(C(C)(C)C)c(O)c2C(=O)C2C(=O)[C@]3(O)C(=O)C(C(N)=O)C(=O)C[C@@H]3[C@@H](OC(=O)C3CCC3)[C@@H]21. The van der Waals surface area contributed by atoms with Gasteiger partial charge >= 0.3 is 5.97 Å². The van der Waals surface area contributed by atoms with Gasteiger partial charge in [-0.25, -0.2) is 0 Å². The van der Waals surface area contributed by atoms with Crippen LogP contribution in [0.25, 0.3) is 0 Å². The monoisotopic (exact) mass is 539 g/mol. The van der Waals surface area contributed by atoms with Gasteiger partial charge in [0.15, 0.2) is 34.7 Å². The number of carbonyl (C=O) groups is 6. The first-order chi connectivity index (χ1) is 18.1. The summed E-state index contributed by atoms with van der Waals surface area (Å²) in [6.07, 6.45) is 0.0717. The lowest BCUT2D eigenvalue weighted by atomic mass is 9.50. The quantitative estimate of drug-likeness (QED) is 0.379. The van der Waals surface area contributed by atoms with E-state index < -0.39 is 94.1 Å². The third-order valence-corrected chi connectivity index (χ3v) is 9.33. The van der Waals surface area contributed by atoms with Crippen molar-refractivity contribution in [1.29, 1.82) is 0 Å². The highest BCUT2D eigenvalue weighted by Crippen LogP contribution is 2.55. The van der Waals surface area contributed by atoms with Crippen LogP contribution in [0.3, 0.4) is 0 Å². The topological polar surface area (TPSA) is 178 Å². The standard InChI is InChI=1S/C29H33NO9/c1-11-13-8-9-14(28(2,3)4)21(32)18(13)22(33)20-17(11)23(39-27(37)12-6-5-7-12)15-10-16(31)19(26(30)36)24(34)29(15,38)25(20)35/h8-9,11-12,15,17,19-20,23,32,38H,5-7,10H2,1-4H3,(H2,30,36)/t11-,15+,17+,19?,20?,23+,29+/m0/s1. The van der Waals surface area contributed by atoms with Gasteiger partial charge in [0, 0.05) is 18.3 Å². The lowest BCUT2D eigenvalue weighted by Gasteiger charge is -2.54. The number of phenolic OH excluding ortho intramolecular Hbond substituents is 1. The average Bonchev–Trinajstić information content (AvgIpc) is 2.79. The summed E-state index contributed by atoms with van der Waals surface area (Å²) in [5.74, 6) is -13.7. The summed E-state index contributed by atoms with van der Waals surface area (Å²) < 4.78 is 5.90. The van der Waals surface area contributed by atoms with Crippen molar-refractivity contribution in [2.24, 2.45) is 35.3 Å². The van der Waals surface area contributed by atoms with E-state index in [1.807, 2.05) is 20.8 Å². The van der Waals surface area contributed by atoms with Crippen molar-refractivity contribution in [2.75, 3.05) is 0 Å². The lowest BCUT2D eigenvalue weighted by Crippen LogP contribution is -2.73. The van der Waals surface area contributed by atoms with E-state index in [0.717, 1.165) is 6.42 Å². The fourth-order valence-corrected chi connectivity index (χ4v) is 6.96. The molecular formula is C29H33NO9. The van der Waals surface area contributed by atoms with Gasteiger partial charge in [-0.3, -0.25) is 28.8 Å². The van der Waals surface area contributed by atoms with E-state index in [-0.39, 0.29) is 11.3 Å². The van der Waals surface area contributed by atoms with Gasteiger partial charge in [-0.15, -0.1) is 0 Å². The number of ketones is 4. The van der Waals surface area contributed by atoms with Crippen molar-refractivity contribution in [3.8, 4) is 5.75 Å². The first kappa shape index (κ1) is 27.2. The molecule has 0 bridgehead atoms. The van der Waals surface area contributed by atoms with Gasteiger partial charge in [0.05, 0.1) is 17.4 Å². The number of Topliss-reactive ketones (excluding diaryl/α,β-unsaturated/α-hetero) is 4. The number of aromatic hydroxyl groups is 1. The van der Waals surface area contributed by atoms with E-state index in [4.69, 9.17) is 10.5 Å². The summed E-state index contributed by atoms with van der Waals surface area (Å²) in [5.41, 5.74) is 2.63. The van der Waals surface area contributed by atoms with Crippen molar-refractivity contribution in [2.45, 2.75) is 76.4 Å². The summed E-state index contributed by atoms with van der Waals surface area (Å²) in [6, 6.07) is 3.41. The molecule has 0 aliphatic heterocycles. The second kappa shape index (κ2) is 8.81. The zero-order chi connectivity index (χ0) is 28.8. The molecule has 3 fully saturated rings. The van der Waals surface area contributed by atoms with E-state index in [9.17, 15) is 39.0 Å². The van der Waals surface area contributed by atoms with Crippen LogP contribution in [0, 0.1) is 29.6 Å². The summed E-state index contributed by atoms with van der Waals surface area (Å²) in [6.45, 7) is 7.28. The Morgan fingerprint density at radius 2 is 1.72 bits per heavy atom. The van der Waals surface area contributed by atoms with Gasteiger partial charge in [0.1, 0.15) is 11.9 Å². The Morgan fingerprint density at radius 3 is 2.26 bits per heavy atom. The van der Waals surface area contributed by atoms with Gasteiger partial charge in [-0.1, -0.05) is 46.2 Å². The number of hydrogen-bond donors (Lipinski definition) is 3. The molecule has 0 radical (unpaired) electrons. The molecule has 0 heterocycles. The van der Waals surface area contributed by atoms with Gasteiger partial charge in [-0.05, 0) is 35.3 Å². The van der Waals surface area contributed by atoms with E-state index in [1.165, 1.54) is 0 Å². The Labute approximate surface area is 225 Å². The van der Waals surface area contributed by atoms with Crippen LogP contribution in [0.5, 0.6) is 5.75 Å². The molecule has 4 aliphatic rings. The number of hydrogen-bond acceptors (Lipinski definition) is 9. The average molecular weight is 540 g/mol. The van der Waals surface area contributed by atoms with E-state index in [2.05, 4.69) is 0 Å². The summed E-state index contributed by atoms with van der Waals surface area (Å²) >= 11 is 0. The van der Waals surface area contributed by atoms with Crippen LogP contribution >= 0.6 is 0 Å². The molecule has 7 atom stereocenters. The highest BCUT2D eigenvalue weighted by atomic mass is 16.5. The Kier molecular flexibility index (Phi) is 6.14. The minimum absolute atomic E-state index is 0.0820. The van der Waals surface area contributed by atoms with Gasteiger partial charge in [0.2, 0.25) is 5.91 Å². The van der Waals surface area contributed by atoms with Crippen LogP contribution in [-0.2, 0) is 34.1 Å². The maximum absolute atomic E-state index is 14.0. The third-order valence-electron chi connectivity index (χ3n) is 9.33. The third kappa shape index (κ3) is 3.71. The molecule has 208 valence electrons.